The SMILES string of the molecule is O=C(S)[N](S)[Mo]. The molecule has 5 heteroatoms. The summed E-state index contributed by atoms with van der Waals surface area (Å²) in [5.41, 5.74) is 0. The molecule has 0 aliphatic rings. The second-order valence-corrected chi connectivity index (χ2v) is 2.95. The van der Waals surface area contributed by atoms with Gasteiger partial charge in [0.15, 0.2) is 0 Å². The molecule has 2 nitrogen and oxygen atoms in total. The van der Waals surface area contributed by atoms with E-state index in [0.29, 0.717) is 0 Å². The van der Waals surface area contributed by atoms with Gasteiger partial charge in [0.1, 0.15) is 0 Å². The molecule has 0 aromatic heterocycles. The standard InChI is InChI=1S/CH3NOS2.Mo/c3-1(4)2-5;/h(H3,2,3,4,5);/q;+1/p-1. The van der Waals surface area contributed by atoms with Gasteiger partial charge in [0, 0.05) is 0 Å². The first-order valence-corrected chi connectivity index (χ1v) is 2.78. The molecular weight excluding hydrogens is 202 g/mol. The average Bonchev–Trinajstić information content (AvgIpc) is 1.36. The van der Waals surface area contributed by atoms with Gasteiger partial charge in [-0.15, -0.1) is 0 Å². The Balaban J connectivity index is 3.26. The minimum atomic E-state index is -0.344. The molecule has 0 aromatic carbocycles. The first kappa shape index (κ1) is 6.86. The van der Waals surface area contributed by atoms with Crippen LogP contribution in [0.4, 0.5) is 4.79 Å². The molecule has 0 atom stereocenters. The zero-order chi connectivity index (χ0) is 5.15. The molecule has 0 aromatic rings. The first-order valence-electron chi connectivity index (χ1n) is 1.03. The second kappa shape index (κ2) is 2.94. The molecule has 0 fully saturated rings. The first-order chi connectivity index (χ1) is 2.64. The molecule has 0 spiro atoms. The van der Waals surface area contributed by atoms with Gasteiger partial charge in [-0.2, -0.15) is 0 Å². The summed E-state index contributed by atoms with van der Waals surface area (Å²) >= 11 is 8.46. The Morgan fingerprint density at radius 2 is 2.00 bits per heavy atom. The molecule has 0 unspecified atom stereocenters. The third-order valence-electron chi connectivity index (χ3n) is 0.164. The number of thiol groups is 2. The number of hydrogen-bond donors (Lipinski definition) is 2. The van der Waals surface area contributed by atoms with E-state index in [1.807, 2.05) is 0 Å². The van der Waals surface area contributed by atoms with E-state index in [1.54, 1.807) is 0 Å². The van der Waals surface area contributed by atoms with Crippen molar-refractivity contribution in [1.82, 2.24) is 2.86 Å². The summed E-state index contributed by atoms with van der Waals surface area (Å²) < 4.78 is 1.10. The zero-order valence-corrected chi connectivity index (χ0v) is 6.45. The van der Waals surface area contributed by atoms with E-state index < -0.39 is 0 Å². The van der Waals surface area contributed by atoms with Crippen molar-refractivity contribution in [3.63, 3.8) is 0 Å². The summed E-state index contributed by atoms with van der Waals surface area (Å²) in [6.45, 7) is 0. The van der Waals surface area contributed by atoms with Gasteiger partial charge in [0.05, 0.1) is 0 Å². The monoisotopic (exact) mass is 206 g/mol. The summed E-state index contributed by atoms with van der Waals surface area (Å²) in [6.07, 6.45) is 0. The zero-order valence-electron chi connectivity index (χ0n) is 2.66. The van der Waals surface area contributed by atoms with Crippen LogP contribution in [0.15, 0.2) is 0 Å². The quantitative estimate of drug-likeness (QED) is 0.438. The molecule has 0 heterocycles. The summed E-state index contributed by atoms with van der Waals surface area (Å²) in [4.78, 5) is 9.86. The molecule has 0 saturated carbocycles. The molecule has 0 saturated heterocycles. The van der Waals surface area contributed by atoms with Gasteiger partial charge < -0.3 is 0 Å². The van der Waals surface area contributed by atoms with Crippen molar-refractivity contribution in [3.8, 4) is 0 Å². The Morgan fingerprint density at radius 1 is 1.83 bits per heavy atom. The van der Waals surface area contributed by atoms with Gasteiger partial charge in [-0.25, -0.2) is 0 Å². The Bertz CT molecular complexity index is 64.6. The number of amides is 1. The summed E-state index contributed by atoms with van der Waals surface area (Å²) in [5.74, 6) is 0. The van der Waals surface area contributed by atoms with Crippen LogP contribution in [0.25, 0.3) is 0 Å². The average molecular weight is 204 g/mol. The van der Waals surface area contributed by atoms with E-state index in [9.17, 15) is 4.79 Å². The van der Waals surface area contributed by atoms with Crippen molar-refractivity contribution in [2.24, 2.45) is 0 Å². The maximum atomic E-state index is 9.86. The van der Waals surface area contributed by atoms with Crippen molar-refractivity contribution in [1.29, 1.82) is 0 Å². The van der Waals surface area contributed by atoms with Gasteiger partial charge in [-0.05, 0) is 0 Å². The van der Waals surface area contributed by atoms with Crippen molar-refractivity contribution >= 4 is 30.7 Å². The molecule has 0 rings (SSSR count). The van der Waals surface area contributed by atoms with Crippen LogP contribution in [0.5, 0.6) is 0 Å². The molecule has 0 N–H and O–H groups in total. The Labute approximate surface area is 58.4 Å². The minimum absolute atomic E-state index is 0.344. The van der Waals surface area contributed by atoms with Crippen LogP contribution in [0, 0.1) is 0 Å². The van der Waals surface area contributed by atoms with Crippen LogP contribution in [-0.2, 0) is 20.1 Å². The van der Waals surface area contributed by atoms with Crippen molar-refractivity contribution in [3.05, 3.63) is 0 Å². The van der Waals surface area contributed by atoms with Crippen molar-refractivity contribution in [2.45, 2.75) is 0 Å². The number of rotatable bonds is 0. The molecule has 0 bridgehead atoms. The van der Waals surface area contributed by atoms with Gasteiger partial charge in [-0.1, -0.05) is 0 Å². The van der Waals surface area contributed by atoms with Crippen LogP contribution in [-0.4, -0.2) is 8.10 Å². The third kappa shape index (κ3) is 3.06. The van der Waals surface area contributed by atoms with Crippen LogP contribution < -0.4 is 0 Å². The van der Waals surface area contributed by atoms with Crippen LogP contribution in [0.2, 0.25) is 0 Å². The van der Waals surface area contributed by atoms with Crippen molar-refractivity contribution < 1.29 is 24.9 Å². The van der Waals surface area contributed by atoms with E-state index in [-0.39, 0.29) is 5.24 Å². The molecule has 0 radical (unpaired) electrons. The Hall–Kier alpha value is 0.858. The van der Waals surface area contributed by atoms with Crippen LogP contribution in [0.1, 0.15) is 0 Å². The van der Waals surface area contributed by atoms with Gasteiger partial charge in [-0.3, -0.25) is 0 Å². The summed E-state index contributed by atoms with van der Waals surface area (Å²) in [7, 11) is 0. The van der Waals surface area contributed by atoms with E-state index >= 15 is 0 Å². The van der Waals surface area contributed by atoms with E-state index in [2.05, 4.69) is 25.4 Å². The fourth-order valence-corrected chi connectivity index (χ4v) is 0. The number of hydrogen-bond acceptors (Lipinski definition) is 2. The van der Waals surface area contributed by atoms with Crippen LogP contribution in [0.3, 0.4) is 0 Å². The third-order valence-corrected chi connectivity index (χ3v) is 1.47. The second-order valence-electron chi connectivity index (χ2n) is 0.556. The topological polar surface area (TPSA) is 20.3 Å². The van der Waals surface area contributed by atoms with E-state index in [1.165, 1.54) is 20.1 Å². The van der Waals surface area contributed by atoms with E-state index in [4.69, 9.17) is 0 Å². The Morgan fingerprint density at radius 3 is 2.00 bits per heavy atom. The number of carbonyl (C=O) groups excluding carboxylic acids is 1. The van der Waals surface area contributed by atoms with Gasteiger partial charge in [0.2, 0.25) is 0 Å². The Kier molecular flexibility index (Phi) is 3.36. The van der Waals surface area contributed by atoms with Crippen LogP contribution >= 0.6 is 25.4 Å². The summed E-state index contributed by atoms with van der Waals surface area (Å²) in [5, 5.41) is -0.344. The number of carbonyl (C=O) groups is 1. The fraction of sp³-hybridized carbons (Fsp3) is 0. The normalized spacial score (nSPS) is 7.67. The van der Waals surface area contributed by atoms with E-state index in [0.717, 1.165) is 2.86 Å². The predicted molar refractivity (Wildman–Crippen MR) is 25.2 cm³/mol. The maximum absolute atomic E-state index is 9.86. The van der Waals surface area contributed by atoms with Gasteiger partial charge >= 0.3 is 58.4 Å². The molecule has 6 heavy (non-hydrogen) atoms. The summed E-state index contributed by atoms with van der Waals surface area (Å²) in [6, 6.07) is 0. The molecule has 35 valence electrons. The van der Waals surface area contributed by atoms with Crippen molar-refractivity contribution in [2.75, 3.05) is 0 Å². The number of nitrogens with zero attached hydrogens (tertiary/aromatic N) is 1. The van der Waals surface area contributed by atoms with Gasteiger partial charge in [0.25, 0.3) is 0 Å². The molecular formula is CH2MoNOS2. The predicted octanol–water partition coefficient (Wildman–Crippen LogP) is 0.645. The molecule has 1 amide bonds. The molecule has 0 aliphatic heterocycles. The fourth-order valence-electron chi connectivity index (χ4n) is 0. The molecule has 0 aliphatic carbocycles.